The van der Waals surface area contributed by atoms with Gasteiger partial charge in [0.25, 0.3) is 0 Å². The Bertz CT molecular complexity index is 271. The molecule has 1 amide bonds. The first-order valence-electron chi connectivity index (χ1n) is 3.10. The van der Waals surface area contributed by atoms with Gasteiger partial charge in [-0.05, 0) is 7.05 Å². The van der Waals surface area contributed by atoms with E-state index in [2.05, 4.69) is 0 Å². The molecular weight excluding hydrogens is 168 g/mol. The van der Waals surface area contributed by atoms with Crippen molar-refractivity contribution in [2.24, 2.45) is 0 Å². The fourth-order valence-corrected chi connectivity index (χ4v) is 2.35. The fraction of sp³-hybridized carbons (Fsp3) is 0.800. The molecule has 1 saturated heterocycles. The first kappa shape index (κ1) is 8.48. The van der Waals surface area contributed by atoms with Crippen molar-refractivity contribution in [2.45, 2.75) is 0 Å². The number of hydrogen-bond acceptors (Lipinski definition) is 4. The van der Waals surface area contributed by atoms with Crippen LogP contribution in [-0.4, -0.2) is 50.1 Å². The van der Waals surface area contributed by atoms with Crippen molar-refractivity contribution < 1.29 is 13.2 Å². The van der Waals surface area contributed by atoms with E-state index < -0.39 is 15.1 Å². The SMILES string of the molecule is CN1CN(C)C(=O)S(=O)(=O)C1. The topological polar surface area (TPSA) is 57.7 Å². The quantitative estimate of drug-likeness (QED) is 0.493. The summed E-state index contributed by atoms with van der Waals surface area (Å²) in [6.07, 6.45) is 0. The summed E-state index contributed by atoms with van der Waals surface area (Å²) in [6, 6.07) is 0. The second kappa shape index (κ2) is 2.46. The minimum atomic E-state index is -3.55. The van der Waals surface area contributed by atoms with Gasteiger partial charge in [-0.3, -0.25) is 9.69 Å². The average Bonchev–Trinajstić information content (AvgIpc) is 1.81. The summed E-state index contributed by atoms with van der Waals surface area (Å²) in [5.41, 5.74) is 0. The van der Waals surface area contributed by atoms with E-state index in [1.54, 1.807) is 11.9 Å². The number of amides is 1. The Morgan fingerprint density at radius 1 is 1.36 bits per heavy atom. The largest absolute Gasteiger partial charge is 0.341 e. The third-order valence-electron chi connectivity index (χ3n) is 1.42. The van der Waals surface area contributed by atoms with Crippen molar-refractivity contribution in [3.05, 3.63) is 0 Å². The number of rotatable bonds is 0. The minimum Gasteiger partial charge on any atom is -0.319 e. The van der Waals surface area contributed by atoms with Crippen molar-refractivity contribution in [1.29, 1.82) is 0 Å². The molecule has 0 aliphatic carbocycles. The summed E-state index contributed by atoms with van der Waals surface area (Å²) in [4.78, 5) is 13.6. The Morgan fingerprint density at radius 2 is 1.91 bits per heavy atom. The van der Waals surface area contributed by atoms with E-state index in [-0.39, 0.29) is 5.88 Å². The van der Waals surface area contributed by atoms with E-state index >= 15 is 0 Å². The fourth-order valence-electron chi connectivity index (χ4n) is 1.04. The lowest BCUT2D eigenvalue weighted by atomic mass is 10.7. The number of carbonyl (C=O) groups excluding carboxylic acids is 1. The summed E-state index contributed by atoms with van der Waals surface area (Å²) < 4.78 is 21.9. The van der Waals surface area contributed by atoms with E-state index in [4.69, 9.17) is 0 Å². The van der Waals surface area contributed by atoms with E-state index in [9.17, 15) is 13.2 Å². The van der Waals surface area contributed by atoms with Gasteiger partial charge in [0, 0.05) is 7.05 Å². The highest BCUT2D eigenvalue weighted by Crippen LogP contribution is 2.08. The number of nitrogens with zero attached hydrogens (tertiary/aromatic N) is 2. The Hall–Kier alpha value is -0.620. The van der Waals surface area contributed by atoms with E-state index in [0.717, 1.165) is 0 Å². The summed E-state index contributed by atoms with van der Waals surface area (Å²) in [5.74, 6) is -0.170. The van der Waals surface area contributed by atoms with Crippen LogP contribution in [0.1, 0.15) is 0 Å². The van der Waals surface area contributed by atoms with Crippen LogP contribution in [0.15, 0.2) is 0 Å². The van der Waals surface area contributed by atoms with Gasteiger partial charge in [-0.1, -0.05) is 0 Å². The van der Waals surface area contributed by atoms with Crippen LogP contribution >= 0.6 is 0 Å². The molecule has 5 nitrogen and oxygen atoms in total. The predicted molar refractivity (Wildman–Crippen MR) is 39.6 cm³/mol. The summed E-state index contributed by atoms with van der Waals surface area (Å²) in [7, 11) is -0.426. The summed E-state index contributed by atoms with van der Waals surface area (Å²) >= 11 is 0. The zero-order valence-electron chi connectivity index (χ0n) is 6.44. The lowest BCUT2D eigenvalue weighted by molar-refractivity contribution is 0.188. The molecule has 1 rings (SSSR count). The van der Waals surface area contributed by atoms with Gasteiger partial charge >= 0.3 is 5.24 Å². The normalized spacial score (nSPS) is 25.6. The van der Waals surface area contributed by atoms with Crippen LogP contribution < -0.4 is 0 Å². The molecule has 1 aliphatic rings. The van der Waals surface area contributed by atoms with Crippen molar-refractivity contribution in [2.75, 3.05) is 26.6 Å². The van der Waals surface area contributed by atoms with Crippen molar-refractivity contribution in [1.82, 2.24) is 9.80 Å². The zero-order chi connectivity index (χ0) is 8.65. The second-order valence-electron chi connectivity index (χ2n) is 2.71. The second-order valence-corrected chi connectivity index (χ2v) is 4.54. The first-order chi connectivity index (χ1) is 4.93. The van der Waals surface area contributed by atoms with Crippen LogP contribution in [0.4, 0.5) is 4.79 Å². The van der Waals surface area contributed by atoms with Crippen molar-refractivity contribution in [3.63, 3.8) is 0 Å². The highest BCUT2D eigenvalue weighted by molar-refractivity contribution is 8.05. The van der Waals surface area contributed by atoms with Gasteiger partial charge in [0.15, 0.2) is 0 Å². The van der Waals surface area contributed by atoms with Gasteiger partial charge in [0.1, 0.15) is 5.88 Å². The molecule has 0 atom stereocenters. The lowest BCUT2D eigenvalue weighted by Gasteiger charge is -2.29. The van der Waals surface area contributed by atoms with Crippen molar-refractivity contribution in [3.8, 4) is 0 Å². The Balaban J connectivity index is 2.94. The maximum atomic E-state index is 11.0. The molecule has 0 N–H and O–H groups in total. The Labute approximate surface area is 65.5 Å². The van der Waals surface area contributed by atoms with Crippen LogP contribution in [0.5, 0.6) is 0 Å². The van der Waals surface area contributed by atoms with E-state index in [1.165, 1.54) is 11.9 Å². The predicted octanol–water partition coefficient (Wildman–Crippen LogP) is -0.687. The first-order valence-corrected chi connectivity index (χ1v) is 4.75. The molecule has 0 aromatic rings. The standard InChI is InChI=1S/C5H10N2O3S/c1-6-3-7(2)5(8)11(9,10)4-6/h3-4H2,1-2H3. The molecule has 0 saturated carbocycles. The summed E-state index contributed by atoms with van der Waals surface area (Å²) in [5, 5.41) is -0.782. The molecule has 11 heavy (non-hydrogen) atoms. The molecule has 0 unspecified atom stereocenters. The van der Waals surface area contributed by atoms with Gasteiger partial charge in [0.2, 0.25) is 9.84 Å². The molecule has 6 heteroatoms. The molecule has 0 spiro atoms. The van der Waals surface area contributed by atoms with Gasteiger partial charge in [-0.15, -0.1) is 0 Å². The van der Waals surface area contributed by atoms with Crippen LogP contribution in [0.3, 0.4) is 0 Å². The molecule has 1 fully saturated rings. The third kappa shape index (κ3) is 1.51. The smallest absolute Gasteiger partial charge is 0.319 e. The number of hydrogen-bond donors (Lipinski definition) is 0. The molecule has 0 radical (unpaired) electrons. The maximum Gasteiger partial charge on any atom is 0.341 e. The van der Waals surface area contributed by atoms with Crippen LogP contribution in [0, 0.1) is 0 Å². The maximum absolute atomic E-state index is 11.0. The van der Waals surface area contributed by atoms with Gasteiger partial charge in [-0.25, -0.2) is 8.42 Å². The summed E-state index contributed by atoms with van der Waals surface area (Å²) in [6.45, 7) is 0.373. The molecule has 0 aromatic heterocycles. The van der Waals surface area contributed by atoms with Gasteiger partial charge < -0.3 is 4.90 Å². The van der Waals surface area contributed by atoms with Crippen LogP contribution in [-0.2, 0) is 9.84 Å². The molecule has 0 aromatic carbocycles. The zero-order valence-corrected chi connectivity index (χ0v) is 7.26. The Morgan fingerprint density at radius 3 is 2.36 bits per heavy atom. The van der Waals surface area contributed by atoms with Gasteiger partial charge in [-0.2, -0.15) is 0 Å². The van der Waals surface area contributed by atoms with Gasteiger partial charge in [0.05, 0.1) is 6.67 Å². The van der Waals surface area contributed by atoms with E-state index in [0.29, 0.717) is 6.67 Å². The highest BCUT2D eigenvalue weighted by Gasteiger charge is 2.32. The molecule has 1 heterocycles. The number of sulfone groups is 1. The molecule has 64 valence electrons. The monoisotopic (exact) mass is 178 g/mol. The molecular formula is C5H10N2O3S. The average molecular weight is 178 g/mol. The highest BCUT2D eigenvalue weighted by atomic mass is 32.2. The Kier molecular flexibility index (Phi) is 1.89. The van der Waals surface area contributed by atoms with Crippen molar-refractivity contribution >= 4 is 15.1 Å². The van der Waals surface area contributed by atoms with Crippen LogP contribution in [0.25, 0.3) is 0 Å². The van der Waals surface area contributed by atoms with E-state index in [1.807, 2.05) is 0 Å². The van der Waals surface area contributed by atoms with Crippen LogP contribution in [0.2, 0.25) is 0 Å². The number of carbonyl (C=O) groups is 1. The minimum absolute atomic E-state index is 0.170. The molecule has 0 bridgehead atoms. The molecule has 1 aliphatic heterocycles. The lowest BCUT2D eigenvalue weighted by Crippen LogP contribution is -2.49. The third-order valence-corrected chi connectivity index (χ3v) is 3.05.